The second-order valence-corrected chi connectivity index (χ2v) is 6.24. The van der Waals surface area contributed by atoms with Crippen LogP contribution < -0.4 is 5.32 Å². The second kappa shape index (κ2) is 8.06. The second-order valence-electron chi connectivity index (χ2n) is 5.86. The highest BCUT2D eigenvalue weighted by atomic mass is 32.1. The van der Waals surface area contributed by atoms with Crippen LogP contribution in [0.4, 0.5) is 0 Å². The minimum atomic E-state index is -0.107. The Bertz CT molecular complexity index is 817. The van der Waals surface area contributed by atoms with Crippen molar-refractivity contribution in [3.63, 3.8) is 0 Å². The van der Waals surface area contributed by atoms with Gasteiger partial charge in [0.1, 0.15) is 5.82 Å². The van der Waals surface area contributed by atoms with Crippen LogP contribution in [-0.4, -0.2) is 27.2 Å². The lowest BCUT2D eigenvalue weighted by atomic mass is 10.0. The summed E-state index contributed by atoms with van der Waals surface area (Å²) >= 11 is 5.15. The summed E-state index contributed by atoms with van der Waals surface area (Å²) in [6.45, 7) is 9.53. The molecule has 0 saturated heterocycles. The van der Waals surface area contributed by atoms with Gasteiger partial charge in [0.05, 0.1) is 0 Å². The number of hydrogen-bond acceptors (Lipinski definition) is 3. The minimum Gasteiger partial charge on any atom is -0.352 e. The minimum absolute atomic E-state index is 0.107. The number of aryl methyl sites for hydroxylation is 3. The molecule has 1 heterocycles. The van der Waals surface area contributed by atoms with Gasteiger partial charge in [-0.25, -0.2) is 0 Å². The smallest absolute Gasteiger partial charge is 0.244 e. The van der Waals surface area contributed by atoms with Crippen LogP contribution in [0.1, 0.15) is 35.0 Å². The van der Waals surface area contributed by atoms with Crippen molar-refractivity contribution in [2.75, 3.05) is 6.54 Å². The predicted octanol–water partition coefficient (Wildman–Crippen LogP) is 3.26. The molecule has 6 heteroatoms. The third kappa shape index (κ3) is 4.41. The quantitative estimate of drug-likeness (QED) is 0.624. The highest BCUT2D eigenvalue weighted by molar-refractivity contribution is 7.71. The maximum absolute atomic E-state index is 12.0. The van der Waals surface area contributed by atoms with Gasteiger partial charge in [-0.3, -0.25) is 9.89 Å². The van der Waals surface area contributed by atoms with Crippen molar-refractivity contribution in [3.05, 3.63) is 51.1 Å². The molecule has 1 amide bonds. The SMILES string of the molecule is CCn1c(CCNC(=O)C=Cc2cc(C)c(C)cc2C)n[nH]c1=S. The van der Waals surface area contributed by atoms with E-state index in [-0.39, 0.29) is 5.91 Å². The molecule has 0 fully saturated rings. The van der Waals surface area contributed by atoms with Crippen LogP contribution in [0.5, 0.6) is 0 Å². The Hall–Kier alpha value is -2.21. The fourth-order valence-corrected chi connectivity index (χ4v) is 2.83. The highest BCUT2D eigenvalue weighted by Crippen LogP contribution is 2.16. The summed E-state index contributed by atoms with van der Waals surface area (Å²) in [7, 11) is 0. The summed E-state index contributed by atoms with van der Waals surface area (Å²) in [5, 5.41) is 9.84. The van der Waals surface area contributed by atoms with Gasteiger partial charge >= 0.3 is 0 Å². The van der Waals surface area contributed by atoms with Crippen LogP contribution in [0.3, 0.4) is 0 Å². The van der Waals surface area contributed by atoms with Gasteiger partial charge in [0.25, 0.3) is 0 Å². The topological polar surface area (TPSA) is 62.7 Å². The Balaban J connectivity index is 1.91. The maximum Gasteiger partial charge on any atom is 0.244 e. The number of rotatable bonds is 6. The van der Waals surface area contributed by atoms with E-state index in [4.69, 9.17) is 12.2 Å². The zero-order chi connectivity index (χ0) is 17.7. The van der Waals surface area contributed by atoms with E-state index in [9.17, 15) is 4.79 Å². The number of aromatic amines is 1. The number of H-pyrrole nitrogens is 1. The molecule has 0 aliphatic heterocycles. The van der Waals surface area contributed by atoms with Gasteiger partial charge in [-0.05, 0) is 68.2 Å². The maximum atomic E-state index is 12.0. The lowest BCUT2D eigenvalue weighted by molar-refractivity contribution is -0.116. The molecule has 2 N–H and O–H groups in total. The van der Waals surface area contributed by atoms with Crippen molar-refractivity contribution < 1.29 is 4.79 Å². The first-order valence-corrected chi connectivity index (χ1v) is 8.51. The van der Waals surface area contributed by atoms with Gasteiger partial charge < -0.3 is 9.88 Å². The number of nitrogens with zero attached hydrogens (tertiary/aromatic N) is 2. The van der Waals surface area contributed by atoms with Crippen LogP contribution in [0.15, 0.2) is 18.2 Å². The van der Waals surface area contributed by atoms with Crippen LogP contribution in [-0.2, 0) is 17.8 Å². The van der Waals surface area contributed by atoms with E-state index in [1.165, 1.54) is 16.7 Å². The molecule has 0 saturated carbocycles. The van der Waals surface area contributed by atoms with Gasteiger partial charge in [0, 0.05) is 25.6 Å². The predicted molar refractivity (Wildman–Crippen MR) is 99.5 cm³/mol. The molecule has 0 atom stereocenters. The summed E-state index contributed by atoms with van der Waals surface area (Å²) in [6, 6.07) is 4.24. The van der Waals surface area contributed by atoms with Crippen molar-refractivity contribution in [2.24, 2.45) is 0 Å². The summed E-state index contributed by atoms with van der Waals surface area (Å²) in [4.78, 5) is 12.0. The molecule has 128 valence electrons. The van der Waals surface area contributed by atoms with Gasteiger partial charge in [-0.1, -0.05) is 12.1 Å². The number of benzene rings is 1. The molecule has 0 unspecified atom stereocenters. The zero-order valence-electron chi connectivity index (χ0n) is 14.6. The molecule has 0 bridgehead atoms. The Labute approximate surface area is 147 Å². The van der Waals surface area contributed by atoms with Crippen molar-refractivity contribution in [3.8, 4) is 0 Å². The van der Waals surface area contributed by atoms with Gasteiger partial charge in [-0.2, -0.15) is 5.10 Å². The molecule has 2 rings (SSSR count). The largest absolute Gasteiger partial charge is 0.352 e. The van der Waals surface area contributed by atoms with Gasteiger partial charge in [0.2, 0.25) is 5.91 Å². The summed E-state index contributed by atoms with van der Waals surface area (Å²) < 4.78 is 2.54. The van der Waals surface area contributed by atoms with E-state index >= 15 is 0 Å². The fourth-order valence-electron chi connectivity index (χ4n) is 2.55. The molecule has 1 aromatic carbocycles. The number of amides is 1. The molecule has 5 nitrogen and oxygen atoms in total. The molecule has 0 spiro atoms. The summed E-state index contributed by atoms with van der Waals surface area (Å²) in [5.41, 5.74) is 4.72. The van der Waals surface area contributed by atoms with E-state index < -0.39 is 0 Å². The lowest BCUT2D eigenvalue weighted by Crippen LogP contribution is -2.24. The number of carbonyl (C=O) groups excluding carboxylic acids is 1. The third-order valence-corrected chi connectivity index (χ3v) is 4.41. The van der Waals surface area contributed by atoms with E-state index in [1.54, 1.807) is 6.08 Å². The number of carbonyl (C=O) groups is 1. The van der Waals surface area contributed by atoms with E-state index in [1.807, 2.05) is 17.6 Å². The van der Waals surface area contributed by atoms with E-state index in [0.29, 0.717) is 17.7 Å². The van der Waals surface area contributed by atoms with Gasteiger partial charge in [0.15, 0.2) is 4.77 Å². The first-order valence-electron chi connectivity index (χ1n) is 8.10. The molecular weight excluding hydrogens is 320 g/mol. The average molecular weight is 344 g/mol. The molecule has 0 radical (unpaired) electrons. The van der Waals surface area contributed by atoms with Crippen LogP contribution in [0, 0.1) is 25.5 Å². The Kier molecular flexibility index (Phi) is 6.09. The molecule has 2 aromatic rings. The number of hydrogen-bond donors (Lipinski definition) is 2. The Morgan fingerprint density at radius 2 is 2.00 bits per heavy atom. The molecule has 0 aliphatic carbocycles. The van der Waals surface area contributed by atoms with Crippen LogP contribution in [0.2, 0.25) is 0 Å². The molecule has 0 aliphatic rings. The third-order valence-electron chi connectivity index (χ3n) is 4.10. The number of aromatic nitrogens is 3. The molecule has 24 heavy (non-hydrogen) atoms. The first-order chi connectivity index (χ1) is 11.4. The van der Waals surface area contributed by atoms with E-state index in [0.717, 1.165) is 17.9 Å². The first kappa shape index (κ1) is 18.1. The molecular formula is C18H24N4OS. The Morgan fingerprint density at radius 3 is 2.71 bits per heavy atom. The summed E-state index contributed by atoms with van der Waals surface area (Å²) in [5.74, 6) is 0.751. The van der Waals surface area contributed by atoms with Crippen molar-refractivity contribution in [1.29, 1.82) is 0 Å². The Morgan fingerprint density at radius 1 is 1.29 bits per heavy atom. The standard InChI is InChI=1S/C18H24N4OS/c1-5-22-16(20-21-18(22)24)8-9-19-17(23)7-6-15-11-13(3)12(2)10-14(15)4/h6-7,10-11H,5,8-9H2,1-4H3,(H,19,23)(H,21,24). The lowest BCUT2D eigenvalue weighted by Gasteiger charge is -2.06. The monoisotopic (exact) mass is 344 g/mol. The fraction of sp³-hybridized carbons (Fsp3) is 0.389. The van der Waals surface area contributed by atoms with Crippen molar-refractivity contribution >= 4 is 24.2 Å². The highest BCUT2D eigenvalue weighted by Gasteiger charge is 2.05. The van der Waals surface area contributed by atoms with Crippen LogP contribution in [0.25, 0.3) is 6.08 Å². The van der Waals surface area contributed by atoms with Gasteiger partial charge in [-0.15, -0.1) is 0 Å². The normalized spacial score (nSPS) is 11.2. The summed E-state index contributed by atoms with van der Waals surface area (Å²) in [6.07, 6.45) is 4.08. The van der Waals surface area contributed by atoms with Crippen LogP contribution >= 0.6 is 12.2 Å². The van der Waals surface area contributed by atoms with E-state index in [2.05, 4.69) is 48.4 Å². The van der Waals surface area contributed by atoms with Crippen molar-refractivity contribution in [2.45, 2.75) is 40.7 Å². The average Bonchev–Trinajstić information content (AvgIpc) is 2.89. The zero-order valence-corrected chi connectivity index (χ0v) is 15.5. The molecule has 1 aromatic heterocycles. The van der Waals surface area contributed by atoms with Crippen molar-refractivity contribution in [1.82, 2.24) is 20.1 Å². The number of nitrogens with one attached hydrogen (secondary N) is 2.